The van der Waals surface area contributed by atoms with Crippen LogP contribution in [-0.4, -0.2) is 33.0 Å². The number of piperidine rings is 1. The molecule has 0 amide bonds. The SMILES string of the molecule is O=S(CC1CCNCC1)c1cnccn1. The highest BCUT2D eigenvalue weighted by molar-refractivity contribution is 7.84. The van der Waals surface area contributed by atoms with Crippen LogP contribution in [0.1, 0.15) is 12.8 Å². The number of aromatic nitrogens is 2. The summed E-state index contributed by atoms with van der Waals surface area (Å²) in [5, 5.41) is 3.91. The van der Waals surface area contributed by atoms with Gasteiger partial charge in [0.1, 0.15) is 5.03 Å². The Kier molecular flexibility index (Phi) is 3.80. The van der Waals surface area contributed by atoms with Crippen LogP contribution < -0.4 is 5.32 Å². The van der Waals surface area contributed by atoms with Gasteiger partial charge in [0, 0.05) is 18.1 Å². The molecule has 0 spiro atoms. The summed E-state index contributed by atoms with van der Waals surface area (Å²) >= 11 is 0. The van der Waals surface area contributed by atoms with E-state index in [1.54, 1.807) is 18.6 Å². The predicted molar refractivity (Wildman–Crippen MR) is 58.9 cm³/mol. The van der Waals surface area contributed by atoms with E-state index in [2.05, 4.69) is 15.3 Å². The van der Waals surface area contributed by atoms with Gasteiger partial charge in [-0.05, 0) is 31.8 Å². The molecule has 0 radical (unpaired) electrons. The Hall–Kier alpha value is -0.810. The molecular weight excluding hydrogens is 210 g/mol. The summed E-state index contributed by atoms with van der Waals surface area (Å²) < 4.78 is 11.9. The summed E-state index contributed by atoms with van der Waals surface area (Å²) in [5.41, 5.74) is 0. The third-order valence-corrected chi connectivity index (χ3v) is 4.07. The molecule has 0 bridgehead atoms. The maximum absolute atomic E-state index is 11.9. The van der Waals surface area contributed by atoms with Gasteiger partial charge >= 0.3 is 0 Å². The lowest BCUT2D eigenvalue weighted by Crippen LogP contribution is -2.30. The molecule has 0 aliphatic carbocycles. The summed E-state index contributed by atoms with van der Waals surface area (Å²) in [4.78, 5) is 8.00. The molecule has 1 atom stereocenters. The third kappa shape index (κ3) is 3.07. The van der Waals surface area contributed by atoms with Crippen molar-refractivity contribution in [3.05, 3.63) is 18.6 Å². The van der Waals surface area contributed by atoms with Crippen molar-refractivity contribution < 1.29 is 4.21 Å². The maximum atomic E-state index is 11.9. The van der Waals surface area contributed by atoms with Crippen LogP contribution in [0.25, 0.3) is 0 Å². The molecule has 1 N–H and O–H groups in total. The number of rotatable bonds is 3. The second-order valence-electron chi connectivity index (χ2n) is 3.75. The lowest BCUT2D eigenvalue weighted by molar-refractivity contribution is 0.405. The first-order valence-electron chi connectivity index (χ1n) is 5.21. The zero-order valence-corrected chi connectivity index (χ0v) is 9.37. The van der Waals surface area contributed by atoms with E-state index in [0.717, 1.165) is 31.7 Å². The Morgan fingerprint density at radius 1 is 1.40 bits per heavy atom. The van der Waals surface area contributed by atoms with Crippen LogP contribution in [0.2, 0.25) is 0 Å². The molecule has 1 aromatic rings. The van der Waals surface area contributed by atoms with E-state index < -0.39 is 10.8 Å². The van der Waals surface area contributed by atoms with Gasteiger partial charge in [0.15, 0.2) is 0 Å². The molecule has 2 heterocycles. The number of nitrogens with zero attached hydrogens (tertiary/aromatic N) is 2. The van der Waals surface area contributed by atoms with E-state index in [0.29, 0.717) is 10.9 Å². The van der Waals surface area contributed by atoms with Crippen molar-refractivity contribution in [1.82, 2.24) is 15.3 Å². The van der Waals surface area contributed by atoms with Gasteiger partial charge in [0.05, 0.1) is 17.0 Å². The molecule has 1 aliphatic heterocycles. The van der Waals surface area contributed by atoms with Gasteiger partial charge in [-0.1, -0.05) is 0 Å². The van der Waals surface area contributed by atoms with Crippen LogP contribution in [0.4, 0.5) is 0 Å². The molecule has 1 saturated heterocycles. The second kappa shape index (κ2) is 5.32. The van der Waals surface area contributed by atoms with E-state index in [1.165, 1.54) is 0 Å². The first-order valence-corrected chi connectivity index (χ1v) is 6.53. The van der Waals surface area contributed by atoms with Crippen LogP contribution in [0.5, 0.6) is 0 Å². The smallest absolute Gasteiger partial charge is 0.145 e. The molecule has 5 heteroatoms. The molecule has 4 nitrogen and oxygen atoms in total. The van der Waals surface area contributed by atoms with Crippen LogP contribution in [0.3, 0.4) is 0 Å². The van der Waals surface area contributed by atoms with E-state index in [9.17, 15) is 4.21 Å². The van der Waals surface area contributed by atoms with Gasteiger partial charge in [0.2, 0.25) is 0 Å². The Morgan fingerprint density at radius 2 is 2.20 bits per heavy atom. The van der Waals surface area contributed by atoms with Gasteiger partial charge < -0.3 is 5.32 Å². The molecule has 1 fully saturated rings. The fourth-order valence-corrected chi connectivity index (χ4v) is 3.04. The van der Waals surface area contributed by atoms with Crippen molar-refractivity contribution in [2.75, 3.05) is 18.8 Å². The maximum Gasteiger partial charge on any atom is 0.145 e. The number of nitrogens with one attached hydrogen (secondary N) is 1. The molecule has 1 aliphatic rings. The molecule has 2 rings (SSSR count). The minimum atomic E-state index is -0.982. The highest BCUT2D eigenvalue weighted by Gasteiger charge is 2.17. The Labute approximate surface area is 92.0 Å². The third-order valence-electron chi connectivity index (χ3n) is 2.62. The van der Waals surface area contributed by atoms with Crippen LogP contribution in [0, 0.1) is 5.92 Å². The topological polar surface area (TPSA) is 54.9 Å². The zero-order valence-electron chi connectivity index (χ0n) is 8.56. The summed E-state index contributed by atoms with van der Waals surface area (Å²) in [6.45, 7) is 2.09. The van der Waals surface area contributed by atoms with E-state index in [1.807, 2.05) is 0 Å². The van der Waals surface area contributed by atoms with Gasteiger partial charge in [-0.25, -0.2) is 4.98 Å². The fraction of sp³-hybridized carbons (Fsp3) is 0.600. The summed E-state index contributed by atoms with van der Waals surface area (Å²) in [7, 11) is -0.982. The zero-order chi connectivity index (χ0) is 10.5. The van der Waals surface area contributed by atoms with Gasteiger partial charge in [-0.3, -0.25) is 9.19 Å². The van der Waals surface area contributed by atoms with Crippen molar-refractivity contribution in [3.8, 4) is 0 Å². The van der Waals surface area contributed by atoms with Crippen LogP contribution in [0.15, 0.2) is 23.6 Å². The van der Waals surface area contributed by atoms with E-state index in [4.69, 9.17) is 0 Å². The Morgan fingerprint density at radius 3 is 2.87 bits per heavy atom. The van der Waals surface area contributed by atoms with Crippen molar-refractivity contribution in [3.63, 3.8) is 0 Å². The quantitative estimate of drug-likeness (QED) is 0.817. The normalized spacial score (nSPS) is 20.0. The molecule has 82 valence electrons. The number of hydrogen-bond acceptors (Lipinski definition) is 4. The lowest BCUT2D eigenvalue weighted by atomic mass is 10.0. The van der Waals surface area contributed by atoms with Crippen molar-refractivity contribution in [1.29, 1.82) is 0 Å². The highest BCUT2D eigenvalue weighted by atomic mass is 32.2. The van der Waals surface area contributed by atoms with Gasteiger partial charge in [-0.2, -0.15) is 0 Å². The molecule has 1 unspecified atom stereocenters. The summed E-state index contributed by atoms with van der Waals surface area (Å²) in [5.74, 6) is 1.29. The summed E-state index contributed by atoms with van der Waals surface area (Å²) in [6.07, 6.45) is 7.02. The highest BCUT2D eigenvalue weighted by Crippen LogP contribution is 2.15. The fourth-order valence-electron chi connectivity index (χ4n) is 1.75. The van der Waals surface area contributed by atoms with Gasteiger partial charge in [-0.15, -0.1) is 0 Å². The van der Waals surface area contributed by atoms with Crippen LogP contribution >= 0.6 is 0 Å². The minimum absolute atomic E-state index is 0.564. The average molecular weight is 225 g/mol. The number of hydrogen-bond donors (Lipinski definition) is 1. The molecule has 0 aromatic carbocycles. The first kappa shape index (κ1) is 10.7. The van der Waals surface area contributed by atoms with Crippen molar-refractivity contribution in [2.45, 2.75) is 17.9 Å². The second-order valence-corrected chi connectivity index (χ2v) is 5.19. The van der Waals surface area contributed by atoms with Crippen LogP contribution in [-0.2, 0) is 10.8 Å². The standard InChI is InChI=1S/C10H15N3OS/c14-15(10-7-12-5-6-13-10)8-9-1-3-11-4-2-9/h5-7,9,11H,1-4,8H2. The van der Waals surface area contributed by atoms with E-state index in [-0.39, 0.29) is 0 Å². The monoisotopic (exact) mass is 225 g/mol. The Bertz CT molecular complexity index is 325. The molecular formula is C10H15N3OS. The minimum Gasteiger partial charge on any atom is -0.317 e. The average Bonchev–Trinajstić information content (AvgIpc) is 2.31. The lowest BCUT2D eigenvalue weighted by Gasteiger charge is -2.21. The van der Waals surface area contributed by atoms with E-state index >= 15 is 0 Å². The summed E-state index contributed by atoms with van der Waals surface area (Å²) in [6, 6.07) is 0. The first-order chi connectivity index (χ1) is 7.36. The van der Waals surface area contributed by atoms with Crippen molar-refractivity contribution >= 4 is 10.8 Å². The predicted octanol–water partition coefficient (Wildman–Crippen LogP) is 0.584. The molecule has 0 saturated carbocycles. The van der Waals surface area contributed by atoms with Gasteiger partial charge in [0.25, 0.3) is 0 Å². The largest absolute Gasteiger partial charge is 0.317 e. The Balaban J connectivity index is 1.91. The molecule has 15 heavy (non-hydrogen) atoms. The molecule has 1 aromatic heterocycles. The van der Waals surface area contributed by atoms with Crippen molar-refractivity contribution in [2.24, 2.45) is 5.92 Å².